The van der Waals surface area contributed by atoms with Gasteiger partial charge >= 0.3 is 5.97 Å². The zero-order valence-corrected chi connectivity index (χ0v) is 19.9. The van der Waals surface area contributed by atoms with Gasteiger partial charge in [-0.3, -0.25) is 0 Å². The van der Waals surface area contributed by atoms with Crippen LogP contribution in [0, 0.1) is 11.8 Å². The average Bonchev–Trinajstić information content (AvgIpc) is 3.19. The van der Waals surface area contributed by atoms with Gasteiger partial charge in [0.05, 0.1) is 18.4 Å². The minimum absolute atomic E-state index is 0.221. The van der Waals surface area contributed by atoms with Crippen molar-refractivity contribution in [3.8, 4) is 11.8 Å². The number of benzene rings is 3. The number of anilines is 1. The molecule has 0 aliphatic carbocycles. The fourth-order valence-corrected chi connectivity index (χ4v) is 4.85. The minimum atomic E-state index is -1.48. The first-order valence-corrected chi connectivity index (χ1v) is 12.0. The lowest BCUT2D eigenvalue weighted by Gasteiger charge is -2.13. The van der Waals surface area contributed by atoms with Gasteiger partial charge < -0.3 is 13.9 Å². The van der Waals surface area contributed by atoms with Crippen molar-refractivity contribution in [1.82, 2.24) is 9.55 Å². The van der Waals surface area contributed by atoms with Crippen molar-refractivity contribution in [2.75, 3.05) is 11.8 Å². The van der Waals surface area contributed by atoms with Crippen LogP contribution in [-0.4, -0.2) is 27.2 Å². The summed E-state index contributed by atoms with van der Waals surface area (Å²) in [6, 6.07) is 24.8. The van der Waals surface area contributed by atoms with Gasteiger partial charge in [0.25, 0.3) is 0 Å². The van der Waals surface area contributed by atoms with Gasteiger partial charge in [-0.15, -0.1) is 0 Å². The van der Waals surface area contributed by atoms with Crippen LogP contribution in [-0.2, 0) is 23.1 Å². The Morgan fingerprint density at radius 1 is 0.971 bits per heavy atom. The Balaban J connectivity index is 1.41. The number of carbonyl (C=O) groups is 1. The normalized spacial score (nSPS) is 11.6. The van der Waals surface area contributed by atoms with Gasteiger partial charge in [0.15, 0.2) is 4.90 Å². The standard InChI is InChI=1S/C28H21N3O3S/c1-31-26-10-6-4-8-22(26)23-17-21(14-16-27(23)31)35(33)30-24-9-5-3-7-20(24)13-11-19-12-15-25(29-18-19)28(32)34-2/h3-10,12,14-18,30H,1-2H3. The largest absolute Gasteiger partial charge is 0.588 e. The minimum Gasteiger partial charge on any atom is -0.588 e. The Morgan fingerprint density at radius 2 is 1.74 bits per heavy atom. The number of carbonyl (C=O) groups excluding carboxylic acids is 1. The molecule has 0 aliphatic rings. The van der Waals surface area contributed by atoms with E-state index in [1.54, 1.807) is 12.1 Å². The van der Waals surface area contributed by atoms with Crippen LogP contribution < -0.4 is 4.72 Å². The molecule has 35 heavy (non-hydrogen) atoms. The molecule has 0 spiro atoms. The monoisotopic (exact) mass is 479 g/mol. The van der Waals surface area contributed by atoms with Crippen LogP contribution in [0.1, 0.15) is 21.6 Å². The highest BCUT2D eigenvalue weighted by atomic mass is 32.2. The molecule has 3 aromatic carbocycles. The second-order valence-corrected chi connectivity index (χ2v) is 9.06. The second-order valence-electron chi connectivity index (χ2n) is 7.85. The number of esters is 1. The molecule has 172 valence electrons. The van der Waals surface area contributed by atoms with E-state index in [1.807, 2.05) is 61.6 Å². The van der Waals surface area contributed by atoms with Gasteiger partial charge in [0.2, 0.25) is 0 Å². The zero-order chi connectivity index (χ0) is 24.4. The molecule has 2 aromatic heterocycles. The predicted octanol–water partition coefficient (Wildman–Crippen LogP) is 5.05. The van der Waals surface area contributed by atoms with E-state index in [1.165, 1.54) is 13.3 Å². The number of hydrogen-bond donors (Lipinski definition) is 1. The molecule has 6 nitrogen and oxygen atoms in total. The Morgan fingerprint density at radius 3 is 2.54 bits per heavy atom. The molecule has 0 saturated heterocycles. The summed E-state index contributed by atoms with van der Waals surface area (Å²) in [5, 5.41) is 2.19. The van der Waals surface area contributed by atoms with Crippen LogP contribution in [0.4, 0.5) is 5.69 Å². The molecular weight excluding hydrogens is 458 g/mol. The van der Waals surface area contributed by atoms with Crippen molar-refractivity contribution < 1.29 is 14.1 Å². The van der Waals surface area contributed by atoms with Gasteiger partial charge in [0, 0.05) is 46.7 Å². The van der Waals surface area contributed by atoms with Gasteiger partial charge in [-0.05, 0) is 42.5 Å². The summed E-state index contributed by atoms with van der Waals surface area (Å²) in [5.74, 6) is 5.64. The van der Waals surface area contributed by atoms with E-state index in [9.17, 15) is 9.35 Å². The number of aryl methyl sites for hydroxylation is 1. The molecule has 0 radical (unpaired) electrons. The van der Waals surface area contributed by atoms with Gasteiger partial charge in [0.1, 0.15) is 17.1 Å². The van der Waals surface area contributed by atoms with Gasteiger partial charge in [-0.1, -0.05) is 42.2 Å². The number of nitrogens with one attached hydrogen (secondary N) is 1. The lowest BCUT2D eigenvalue weighted by atomic mass is 10.1. The molecule has 5 aromatic rings. The number of hydrogen-bond acceptors (Lipinski definition) is 5. The Labute approximate surface area is 205 Å². The first-order valence-electron chi connectivity index (χ1n) is 10.9. The molecule has 0 aliphatic heterocycles. The number of aromatic nitrogens is 2. The summed E-state index contributed by atoms with van der Waals surface area (Å²) in [4.78, 5) is 16.3. The van der Waals surface area contributed by atoms with Crippen molar-refractivity contribution in [3.05, 3.63) is 102 Å². The van der Waals surface area contributed by atoms with Crippen molar-refractivity contribution >= 4 is 44.8 Å². The maximum Gasteiger partial charge on any atom is 0.356 e. The maximum absolute atomic E-state index is 13.2. The molecule has 1 unspecified atom stereocenters. The summed E-state index contributed by atoms with van der Waals surface area (Å²) in [6.45, 7) is 0. The van der Waals surface area contributed by atoms with E-state index in [4.69, 9.17) is 0 Å². The fourth-order valence-electron chi connectivity index (χ4n) is 3.93. The molecule has 0 bridgehead atoms. The molecule has 0 amide bonds. The van der Waals surface area contributed by atoms with E-state index < -0.39 is 17.3 Å². The zero-order valence-electron chi connectivity index (χ0n) is 19.1. The number of nitrogens with zero attached hydrogens (tertiary/aromatic N) is 2. The lowest BCUT2D eigenvalue weighted by Crippen LogP contribution is -2.13. The molecule has 0 fully saturated rings. The first-order chi connectivity index (χ1) is 17.0. The average molecular weight is 480 g/mol. The SMILES string of the molecule is COC(=O)c1ccc(C#Cc2ccccc2N[S+]([O-])c2ccc3c(c2)c2ccccc2n3C)cn1. The van der Waals surface area contributed by atoms with Crippen molar-refractivity contribution in [2.45, 2.75) is 4.90 Å². The van der Waals surface area contributed by atoms with Crippen LogP contribution in [0.3, 0.4) is 0 Å². The molecule has 1 atom stereocenters. The lowest BCUT2D eigenvalue weighted by molar-refractivity contribution is 0.0594. The van der Waals surface area contributed by atoms with E-state index in [2.05, 4.69) is 43.0 Å². The second kappa shape index (κ2) is 9.55. The van der Waals surface area contributed by atoms with E-state index in [-0.39, 0.29) is 5.69 Å². The third-order valence-corrected chi connectivity index (χ3v) is 6.82. The fraction of sp³-hybridized carbons (Fsp3) is 0.0714. The summed E-state index contributed by atoms with van der Waals surface area (Å²) in [7, 11) is 3.35. The van der Waals surface area contributed by atoms with Crippen molar-refractivity contribution in [1.29, 1.82) is 0 Å². The van der Waals surface area contributed by atoms with Crippen LogP contribution in [0.15, 0.2) is 90.0 Å². The van der Waals surface area contributed by atoms with Crippen LogP contribution in [0.5, 0.6) is 0 Å². The third kappa shape index (κ3) is 4.45. The topological polar surface area (TPSA) is 79.2 Å². The van der Waals surface area contributed by atoms with Crippen LogP contribution >= 0.6 is 0 Å². The molecule has 5 rings (SSSR count). The Hall–Kier alpha value is -4.25. The molecule has 1 N–H and O–H groups in total. The molecule has 7 heteroatoms. The third-order valence-electron chi connectivity index (χ3n) is 5.73. The highest BCUT2D eigenvalue weighted by Gasteiger charge is 2.17. The smallest absolute Gasteiger partial charge is 0.356 e. The number of ether oxygens (including phenoxy) is 1. The molecule has 2 heterocycles. The van der Waals surface area contributed by atoms with Crippen molar-refractivity contribution in [2.24, 2.45) is 7.05 Å². The number of fused-ring (bicyclic) bond motifs is 3. The predicted molar refractivity (Wildman–Crippen MR) is 138 cm³/mol. The summed E-state index contributed by atoms with van der Waals surface area (Å²) < 4.78 is 23.2. The summed E-state index contributed by atoms with van der Waals surface area (Å²) in [5.41, 5.74) is 4.45. The number of para-hydroxylation sites is 2. The number of pyridine rings is 1. The summed E-state index contributed by atoms with van der Waals surface area (Å²) >= 11 is -1.48. The van der Waals surface area contributed by atoms with Crippen LogP contribution in [0.2, 0.25) is 0 Å². The van der Waals surface area contributed by atoms with Crippen LogP contribution in [0.25, 0.3) is 21.8 Å². The summed E-state index contributed by atoms with van der Waals surface area (Å²) in [6.07, 6.45) is 1.52. The van der Waals surface area contributed by atoms with Gasteiger partial charge in [-0.25, -0.2) is 14.5 Å². The van der Waals surface area contributed by atoms with E-state index >= 15 is 0 Å². The molecular formula is C28H21N3O3S. The highest BCUT2D eigenvalue weighted by molar-refractivity contribution is 7.92. The quantitative estimate of drug-likeness (QED) is 0.222. The van der Waals surface area contributed by atoms with Crippen molar-refractivity contribution in [3.63, 3.8) is 0 Å². The maximum atomic E-state index is 13.2. The first kappa shape index (κ1) is 22.5. The highest BCUT2D eigenvalue weighted by Crippen LogP contribution is 2.30. The number of rotatable bonds is 4. The van der Waals surface area contributed by atoms with E-state index in [0.717, 1.165) is 21.8 Å². The Kier molecular flexibility index (Phi) is 6.15. The van der Waals surface area contributed by atoms with Gasteiger partial charge in [-0.2, -0.15) is 0 Å². The van der Waals surface area contributed by atoms with E-state index in [0.29, 0.717) is 21.7 Å². The molecule has 0 saturated carbocycles. The Bertz CT molecular complexity index is 1610. The number of methoxy groups -OCH3 is 1.